The average Bonchev–Trinajstić information content (AvgIpc) is 1.55. The van der Waals surface area contributed by atoms with Gasteiger partial charge in [0.25, 0.3) is 0 Å². The van der Waals surface area contributed by atoms with Crippen molar-refractivity contribution in [2.45, 2.75) is 0 Å². The molecule has 21 aromatic rings. The van der Waals surface area contributed by atoms with Gasteiger partial charge in [-0.1, -0.05) is 315 Å². The first kappa shape index (κ1) is 66.4. The van der Waals surface area contributed by atoms with E-state index in [0.717, 1.165) is 109 Å². The quantitative estimate of drug-likeness (QED) is 0.0791. The van der Waals surface area contributed by atoms with Crippen LogP contribution >= 0.6 is 29.8 Å². The van der Waals surface area contributed by atoms with Crippen molar-refractivity contribution in [3.05, 3.63) is 382 Å². The lowest BCUT2D eigenvalue weighted by Crippen LogP contribution is -2.25. The third-order valence-electron chi connectivity index (χ3n) is 21.6. The summed E-state index contributed by atoms with van der Waals surface area (Å²) in [6, 6.07) is 134. The van der Waals surface area contributed by atoms with Crippen LogP contribution in [0.4, 0.5) is 0 Å². The molecule has 0 unspecified atom stereocenters. The Morgan fingerprint density at radius 1 is 0.179 bits per heavy atom. The van der Waals surface area contributed by atoms with Crippen LogP contribution in [0, 0.1) is 0 Å². The summed E-state index contributed by atoms with van der Waals surface area (Å²) in [7, 11) is -3.33. The topological polar surface area (TPSA) is 94.4 Å². The molecule has 0 fully saturated rings. The van der Waals surface area contributed by atoms with Crippen LogP contribution < -0.4 is 15.9 Å². The Morgan fingerprint density at radius 3 is 0.964 bits per heavy atom. The van der Waals surface area contributed by atoms with E-state index in [1.54, 1.807) is 22.7 Å². The van der Waals surface area contributed by atoms with Gasteiger partial charge in [0.1, 0.15) is 0 Å². The summed E-state index contributed by atoms with van der Waals surface area (Å²) in [6.45, 7) is 0. The van der Waals surface area contributed by atoms with Gasteiger partial charge in [0.2, 0.25) is 0 Å². The zero-order chi connectivity index (χ0) is 74.2. The first-order valence-electron chi connectivity index (χ1n) is 37.5. The van der Waals surface area contributed by atoms with Crippen LogP contribution in [0.5, 0.6) is 0 Å². The van der Waals surface area contributed by atoms with Gasteiger partial charge in [-0.05, 0) is 155 Å². The minimum Gasteiger partial charge on any atom is -0.309 e. The molecule has 10 heteroatoms. The zero-order valence-corrected chi connectivity index (χ0v) is 62.8. The fourth-order valence-corrected chi connectivity index (χ4v) is 21.2. The Morgan fingerprint density at radius 2 is 0.482 bits per heavy atom. The highest BCUT2D eigenvalue weighted by atomic mass is 32.1. The van der Waals surface area contributed by atoms with E-state index in [0.29, 0.717) is 40.3 Å². The number of thiophene rings is 2. The van der Waals surface area contributed by atoms with Crippen molar-refractivity contribution in [2.24, 2.45) is 0 Å². The Hall–Kier alpha value is -13.8. The maximum Gasteiger partial charge on any atom is 0.171 e. The number of rotatable bonds is 14. The Labute approximate surface area is 654 Å². The van der Waals surface area contributed by atoms with Crippen molar-refractivity contribution in [1.82, 2.24) is 29.9 Å². The molecule has 0 radical (unpaired) electrons. The highest BCUT2D eigenvalue weighted by Crippen LogP contribution is 2.49. The number of hydrogen-bond donors (Lipinski definition) is 0. The van der Waals surface area contributed by atoms with Crippen LogP contribution in [0.1, 0.15) is 0 Å². The van der Waals surface area contributed by atoms with Gasteiger partial charge >= 0.3 is 0 Å². The maximum atomic E-state index is 15.8. The molecule has 4 aromatic heterocycles. The fourth-order valence-electron chi connectivity index (χ4n) is 16.2. The molecule has 0 bridgehead atoms. The highest BCUT2D eigenvalue weighted by molar-refractivity contribution is 7.85. The highest BCUT2D eigenvalue weighted by Gasteiger charge is 2.31. The minimum atomic E-state index is -3.33. The Balaban J connectivity index is 0.664. The zero-order valence-electron chi connectivity index (χ0n) is 60.2. The smallest absolute Gasteiger partial charge is 0.171 e. The maximum absolute atomic E-state index is 15.8. The van der Waals surface area contributed by atoms with Gasteiger partial charge in [0.05, 0.1) is 0 Å². The van der Waals surface area contributed by atoms with E-state index >= 15 is 4.57 Å². The normalized spacial score (nSPS) is 11.8. The summed E-state index contributed by atoms with van der Waals surface area (Å²) in [5.41, 5.74) is 16.2. The predicted molar refractivity (Wildman–Crippen MR) is 471 cm³/mol. The molecule has 0 amide bonds. The molecule has 0 aliphatic heterocycles. The third-order valence-corrected chi connectivity index (χ3v) is 26.9. The minimum absolute atomic E-state index is 0.488. The average molecular weight is 1480 g/mol. The van der Waals surface area contributed by atoms with Crippen molar-refractivity contribution in [3.63, 3.8) is 0 Å². The molecule has 17 aromatic carbocycles. The van der Waals surface area contributed by atoms with Crippen LogP contribution in [-0.4, -0.2) is 29.9 Å². The molecule has 0 saturated heterocycles. The van der Waals surface area contributed by atoms with Gasteiger partial charge in [-0.3, -0.25) is 0 Å². The lowest BCUT2D eigenvalue weighted by molar-refractivity contribution is 0.592. The summed E-state index contributed by atoms with van der Waals surface area (Å²) in [4.78, 5) is 32.0. The van der Waals surface area contributed by atoms with Gasteiger partial charge in [-0.15, -0.1) is 22.7 Å². The monoisotopic (exact) mass is 1480 g/mol. The first-order chi connectivity index (χ1) is 55.3. The molecule has 21 rings (SSSR count). The largest absolute Gasteiger partial charge is 0.309 e. The van der Waals surface area contributed by atoms with Crippen LogP contribution in [-0.2, 0) is 4.57 Å². The van der Waals surface area contributed by atoms with E-state index in [-0.39, 0.29) is 0 Å². The molecular weight excluding hydrogens is 1420 g/mol. The van der Waals surface area contributed by atoms with E-state index < -0.39 is 7.14 Å². The number of benzene rings is 17. The third kappa shape index (κ3) is 11.9. The number of fused-ring (bicyclic) bond motifs is 12. The van der Waals surface area contributed by atoms with E-state index in [9.17, 15) is 0 Å². The second kappa shape index (κ2) is 27.7. The Kier molecular flexibility index (Phi) is 16.4. The van der Waals surface area contributed by atoms with Crippen LogP contribution in [0.25, 0.3) is 197 Å². The van der Waals surface area contributed by atoms with Crippen LogP contribution in [0.2, 0.25) is 0 Å². The van der Waals surface area contributed by atoms with Crippen molar-refractivity contribution in [3.8, 4) is 124 Å². The summed E-state index contributed by atoms with van der Waals surface area (Å²) >= 11 is 3.58. The second-order valence-electron chi connectivity index (χ2n) is 28.3. The lowest BCUT2D eigenvalue weighted by atomic mass is 9.89. The molecule has 7 nitrogen and oxygen atoms in total. The summed E-state index contributed by atoms with van der Waals surface area (Å²) in [6.07, 6.45) is 0. The van der Waals surface area contributed by atoms with Crippen LogP contribution in [0.3, 0.4) is 0 Å². The molecular formula is C102H63N6OPS2. The molecule has 0 saturated carbocycles. The number of hydrogen-bond acceptors (Lipinski definition) is 9. The lowest BCUT2D eigenvalue weighted by Gasteiger charge is -2.20. The van der Waals surface area contributed by atoms with Gasteiger partial charge in [-0.2, -0.15) is 0 Å². The van der Waals surface area contributed by atoms with E-state index in [1.807, 2.05) is 127 Å². The number of aromatic nitrogens is 6. The van der Waals surface area contributed by atoms with Crippen molar-refractivity contribution in [1.29, 1.82) is 0 Å². The van der Waals surface area contributed by atoms with E-state index in [2.05, 4.69) is 255 Å². The van der Waals surface area contributed by atoms with Crippen LogP contribution in [0.15, 0.2) is 382 Å². The van der Waals surface area contributed by atoms with Crippen molar-refractivity contribution < 1.29 is 4.57 Å². The molecule has 0 aliphatic carbocycles. The van der Waals surface area contributed by atoms with E-state index in [1.165, 1.54) is 63.3 Å². The van der Waals surface area contributed by atoms with Gasteiger partial charge in [-0.25, -0.2) is 29.9 Å². The summed E-state index contributed by atoms with van der Waals surface area (Å²) < 4.78 is 20.5. The van der Waals surface area contributed by atoms with Gasteiger partial charge in [0, 0.05) is 89.6 Å². The molecule has 524 valence electrons. The molecule has 0 aliphatic rings. The first-order valence-corrected chi connectivity index (χ1v) is 40.8. The predicted octanol–water partition coefficient (Wildman–Crippen LogP) is 26.2. The fraction of sp³-hybridized carbons (Fsp3) is 0. The molecule has 0 N–H and O–H groups in total. The second-order valence-corrected chi connectivity index (χ2v) is 33.3. The SMILES string of the molecule is O=P(c1ccccc1)(c1ccccc1)c1cccc(-c2nc(-c3ccccc3)nc(-c3cc(-c4ccc(-c5ccc6c7ccc(-c8cc(-c9nc(-c%10cccc(-c%11ccccc%11)c%10)nc(-c%10cccc(-c%11ccccc%11)c%10)n9)cc9sc%10ccccc%10c89)cc7c7ccccc7c6c5)cc4)c4c(c3)sc3ccccc34)n2)c1. The van der Waals surface area contributed by atoms with Crippen molar-refractivity contribution >= 4 is 118 Å². The number of nitrogens with zero attached hydrogens (tertiary/aromatic N) is 6. The molecule has 112 heavy (non-hydrogen) atoms. The molecule has 0 atom stereocenters. The van der Waals surface area contributed by atoms with E-state index in [4.69, 9.17) is 29.9 Å². The van der Waals surface area contributed by atoms with Gasteiger partial charge in [0.15, 0.2) is 42.1 Å². The molecule has 0 spiro atoms. The standard InChI is InChI=1S/C102H63N6OPS2/c109-110(78-36-12-4-13-37-78,79-38-14-5-15-39-79)80-40-24-35-75(57-80)100-103-97(68-29-10-3-11-30-68)104-101(108-100)76-60-87(95-85-43-18-20-45-91(85)111-93(95)62-76)67-49-47-66(48-50-67)71-51-53-83-84-54-52-72(59-90(84)82-42-17-16-41-81(82)89(83)58-71)88-61-77(63-94-96(88)86-44-19-21-46-92(86)112-94)102-106-98(73-33-22-31-69(55-73)64-25-6-1-7-26-64)105-99(107-102)74-34-23-32-70(56-74)65-27-8-2-9-28-65/h1-63H. The summed E-state index contributed by atoms with van der Waals surface area (Å²) in [5.74, 6) is 3.38. The van der Waals surface area contributed by atoms with Crippen molar-refractivity contribution in [2.75, 3.05) is 0 Å². The van der Waals surface area contributed by atoms with Gasteiger partial charge < -0.3 is 4.57 Å². The molecule has 4 heterocycles. The summed E-state index contributed by atoms with van der Waals surface area (Å²) in [5, 5.41) is 14.1. The Bertz CT molecular complexity index is 7170.